The van der Waals surface area contributed by atoms with E-state index >= 15 is 0 Å². The van der Waals surface area contributed by atoms with Crippen LogP contribution in [0.25, 0.3) is 0 Å². The third-order valence-corrected chi connectivity index (χ3v) is 6.32. The maximum Gasteiger partial charge on any atom is 0.237 e. The van der Waals surface area contributed by atoms with Gasteiger partial charge in [-0.15, -0.1) is 0 Å². The molecule has 0 unspecified atom stereocenters. The van der Waals surface area contributed by atoms with Crippen molar-refractivity contribution >= 4 is 5.91 Å². The van der Waals surface area contributed by atoms with Gasteiger partial charge in [-0.3, -0.25) is 9.69 Å². The predicted octanol–water partition coefficient (Wildman–Crippen LogP) is 2.61. The Kier molecular flexibility index (Phi) is 5.37. The summed E-state index contributed by atoms with van der Waals surface area (Å²) in [6.45, 7) is 4.79. The summed E-state index contributed by atoms with van der Waals surface area (Å²) in [7, 11) is 0. The van der Waals surface area contributed by atoms with Crippen LogP contribution in [0, 0.1) is 0 Å². The van der Waals surface area contributed by atoms with Crippen LogP contribution in [0.15, 0.2) is 30.3 Å². The number of hydrogen-bond donors (Lipinski definition) is 1. The second-order valence-corrected chi connectivity index (χ2v) is 7.92. The Labute approximate surface area is 151 Å². The van der Waals surface area contributed by atoms with Crippen molar-refractivity contribution in [1.82, 2.24) is 15.1 Å². The molecule has 1 aromatic rings. The van der Waals surface area contributed by atoms with Gasteiger partial charge in [0.25, 0.3) is 0 Å². The number of hydrogen-bond acceptors (Lipinski definition) is 3. The van der Waals surface area contributed by atoms with E-state index in [0.717, 1.165) is 39.0 Å². The van der Waals surface area contributed by atoms with Crippen molar-refractivity contribution in [3.63, 3.8) is 0 Å². The maximum absolute atomic E-state index is 13.2. The summed E-state index contributed by atoms with van der Waals surface area (Å²) >= 11 is 0. The van der Waals surface area contributed by atoms with Crippen molar-refractivity contribution in [2.45, 2.75) is 56.5 Å². The Morgan fingerprint density at radius 2 is 1.76 bits per heavy atom. The number of benzene rings is 1. The van der Waals surface area contributed by atoms with Crippen LogP contribution in [0.1, 0.15) is 50.0 Å². The van der Waals surface area contributed by atoms with Crippen molar-refractivity contribution in [1.29, 1.82) is 0 Å². The minimum absolute atomic E-state index is 0.314. The predicted molar refractivity (Wildman–Crippen MR) is 101 cm³/mol. The summed E-state index contributed by atoms with van der Waals surface area (Å²) in [5, 5.41) is 3.73. The first kappa shape index (κ1) is 17.0. The van der Waals surface area contributed by atoms with Crippen LogP contribution in [0.4, 0.5) is 0 Å². The minimum Gasteiger partial charge on any atom is -0.336 e. The van der Waals surface area contributed by atoms with E-state index in [4.69, 9.17) is 0 Å². The summed E-state index contributed by atoms with van der Waals surface area (Å²) in [6.07, 6.45) is 7.17. The molecule has 3 atom stereocenters. The van der Waals surface area contributed by atoms with Gasteiger partial charge in [-0.05, 0) is 57.3 Å². The van der Waals surface area contributed by atoms with E-state index in [1.165, 1.54) is 31.2 Å². The Balaban J connectivity index is 1.58. The lowest BCUT2D eigenvalue weighted by Crippen LogP contribution is -2.58. The third kappa shape index (κ3) is 3.75. The summed E-state index contributed by atoms with van der Waals surface area (Å²) in [5.74, 6) is 0.816. The highest BCUT2D eigenvalue weighted by atomic mass is 16.2. The van der Waals surface area contributed by atoms with E-state index in [1.54, 1.807) is 0 Å². The first-order chi connectivity index (χ1) is 12.3. The molecular formula is C21H31N3O. The van der Waals surface area contributed by atoms with Gasteiger partial charge in [-0.25, -0.2) is 0 Å². The highest BCUT2D eigenvalue weighted by Crippen LogP contribution is 2.35. The van der Waals surface area contributed by atoms with Crippen LogP contribution >= 0.6 is 0 Å². The average molecular weight is 341 g/mol. The zero-order valence-corrected chi connectivity index (χ0v) is 15.2. The van der Waals surface area contributed by atoms with Gasteiger partial charge in [-0.2, -0.15) is 0 Å². The van der Waals surface area contributed by atoms with Crippen LogP contribution in [0.2, 0.25) is 0 Å². The first-order valence-electron chi connectivity index (χ1n) is 10.1. The fourth-order valence-electron chi connectivity index (χ4n) is 5.08. The lowest BCUT2D eigenvalue weighted by molar-refractivity contribution is -0.136. The van der Waals surface area contributed by atoms with E-state index in [0.29, 0.717) is 30.5 Å². The number of carbonyl (C=O) groups is 1. The van der Waals surface area contributed by atoms with Gasteiger partial charge in [-0.1, -0.05) is 36.8 Å². The van der Waals surface area contributed by atoms with Gasteiger partial charge in [0.15, 0.2) is 0 Å². The highest BCUT2D eigenvalue weighted by molar-refractivity contribution is 5.79. The van der Waals surface area contributed by atoms with Crippen molar-refractivity contribution in [3.05, 3.63) is 35.9 Å². The molecule has 25 heavy (non-hydrogen) atoms. The zero-order valence-electron chi connectivity index (χ0n) is 15.2. The fraction of sp³-hybridized carbons (Fsp3) is 0.667. The summed E-state index contributed by atoms with van der Waals surface area (Å²) in [4.78, 5) is 17.8. The van der Waals surface area contributed by atoms with Gasteiger partial charge in [0, 0.05) is 18.5 Å². The van der Waals surface area contributed by atoms with Gasteiger partial charge in [0.05, 0.1) is 12.6 Å². The minimum atomic E-state index is 0.314. The molecular weight excluding hydrogens is 310 g/mol. The van der Waals surface area contributed by atoms with Gasteiger partial charge in [0.2, 0.25) is 5.91 Å². The molecule has 0 radical (unpaired) electrons. The lowest BCUT2D eigenvalue weighted by atomic mass is 9.80. The second kappa shape index (κ2) is 7.88. The van der Waals surface area contributed by atoms with Crippen LogP contribution in [0.5, 0.6) is 0 Å². The first-order valence-corrected chi connectivity index (χ1v) is 10.1. The van der Waals surface area contributed by atoms with Gasteiger partial charge in [0.1, 0.15) is 0 Å². The smallest absolute Gasteiger partial charge is 0.237 e. The number of amides is 1. The van der Waals surface area contributed by atoms with E-state index in [-0.39, 0.29) is 0 Å². The van der Waals surface area contributed by atoms with Crippen molar-refractivity contribution < 1.29 is 4.79 Å². The molecule has 0 bridgehead atoms. The summed E-state index contributed by atoms with van der Waals surface area (Å²) in [6, 6.07) is 11.6. The Hall–Kier alpha value is -1.39. The molecule has 3 aliphatic heterocycles. The van der Waals surface area contributed by atoms with E-state index in [9.17, 15) is 4.79 Å². The van der Waals surface area contributed by atoms with Crippen LogP contribution in [-0.4, -0.2) is 60.5 Å². The van der Waals surface area contributed by atoms with Crippen LogP contribution in [0.3, 0.4) is 0 Å². The van der Waals surface area contributed by atoms with E-state index in [1.807, 2.05) is 0 Å². The molecule has 4 rings (SSSR count). The topological polar surface area (TPSA) is 35.6 Å². The third-order valence-electron chi connectivity index (χ3n) is 6.32. The second-order valence-electron chi connectivity index (χ2n) is 7.92. The maximum atomic E-state index is 13.2. The Bertz CT molecular complexity index is 570. The average Bonchev–Trinajstić information content (AvgIpc) is 3.05. The fourth-order valence-corrected chi connectivity index (χ4v) is 5.08. The largest absolute Gasteiger partial charge is 0.336 e. The number of rotatable bonds is 3. The molecule has 1 N–H and O–H groups in total. The summed E-state index contributed by atoms with van der Waals surface area (Å²) < 4.78 is 0. The monoisotopic (exact) mass is 341 g/mol. The van der Waals surface area contributed by atoms with Crippen molar-refractivity contribution in [2.75, 3.05) is 32.7 Å². The number of nitrogens with one attached hydrogen (secondary N) is 1. The van der Waals surface area contributed by atoms with Crippen molar-refractivity contribution in [2.24, 2.45) is 0 Å². The number of fused-ring (bicyclic) bond motifs is 1. The zero-order chi connectivity index (χ0) is 17.1. The molecule has 4 heteroatoms. The molecule has 1 amide bonds. The van der Waals surface area contributed by atoms with Crippen LogP contribution < -0.4 is 5.32 Å². The standard InChI is InChI=1S/C21H31N3O/c25-20(16-23-13-6-7-14-23)24-15-5-4-10-19-21(24)18(11-12-22-19)17-8-2-1-3-9-17/h1-3,8-9,18-19,21-22H,4-7,10-16H2/t18-,19-,21-/m1/s1. The van der Waals surface area contributed by atoms with E-state index in [2.05, 4.69) is 45.4 Å². The normalized spacial score (nSPS) is 30.7. The Morgan fingerprint density at radius 1 is 1.00 bits per heavy atom. The number of piperidine rings is 1. The number of likely N-dealkylation sites (tertiary alicyclic amines) is 2. The van der Waals surface area contributed by atoms with Crippen LogP contribution in [-0.2, 0) is 4.79 Å². The molecule has 0 aliphatic carbocycles. The molecule has 3 saturated heterocycles. The Morgan fingerprint density at radius 3 is 2.56 bits per heavy atom. The number of nitrogens with zero attached hydrogens (tertiary/aromatic N) is 2. The van der Waals surface area contributed by atoms with Crippen molar-refractivity contribution in [3.8, 4) is 0 Å². The highest BCUT2D eigenvalue weighted by Gasteiger charge is 2.41. The lowest BCUT2D eigenvalue weighted by Gasteiger charge is -2.44. The molecule has 0 spiro atoms. The molecule has 3 heterocycles. The molecule has 136 valence electrons. The van der Waals surface area contributed by atoms with Gasteiger partial charge < -0.3 is 10.2 Å². The number of carbonyl (C=O) groups excluding carboxylic acids is 1. The quantitative estimate of drug-likeness (QED) is 0.918. The summed E-state index contributed by atoms with van der Waals surface area (Å²) in [5.41, 5.74) is 1.40. The molecule has 3 aliphatic rings. The molecule has 0 aromatic heterocycles. The SMILES string of the molecule is O=C(CN1CCCC1)N1CCCC[C@H]2NCC[C@H](c3ccccc3)[C@H]21. The van der Waals surface area contributed by atoms with Gasteiger partial charge >= 0.3 is 0 Å². The van der Waals surface area contributed by atoms with E-state index < -0.39 is 0 Å². The molecule has 1 aromatic carbocycles. The molecule has 3 fully saturated rings. The molecule has 4 nitrogen and oxygen atoms in total. The molecule has 0 saturated carbocycles.